The summed E-state index contributed by atoms with van der Waals surface area (Å²) in [5.41, 5.74) is 2.56. The standard InChI is InChI=1S/C11H12Br2O/c1-7-2-4-8(5-3-7)10-6-9(12)11(13)14-10/h2-5,9-11H,6H2,1H3/t9-,10-,11-/m1/s1. The first-order chi connectivity index (χ1) is 6.66. The van der Waals surface area contributed by atoms with Crippen molar-refractivity contribution in [3.63, 3.8) is 0 Å². The van der Waals surface area contributed by atoms with Crippen LogP contribution in [0.2, 0.25) is 0 Å². The zero-order valence-corrected chi connectivity index (χ0v) is 11.1. The van der Waals surface area contributed by atoms with Gasteiger partial charge in [-0.2, -0.15) is 0 Å². The van der Waals surface area contributed by atoms with Crippen molar-refractivity contribution < 1.29 is 4.74 Å². The molecule has 0 spiro atoms. The highest BCUT2D eigenvalue weighted by Crippen LogP contribution is 2.39. The molecule has 1 aromatic rings. The number of alkyl halides is 2. The number of rotatable bonds is 1. The second-order valence-electron chi connectivity index (χ2n) is 3.64. The highest BCUT2D eigenvalue weighted by atomic mass is 79.9. The lowest BCUT2D eigenvalue weighted by atomic mass is 10.1. The highest BCUT2D eigenvalue weighted by molar-refractivity contribution is 9.12. The predicted octanol–water partition coefficient (Wildman–Crippen LogP) is 3.94. The molecule has 1 fully saturated rings. The van der Waals surface area contributed by atoms with Crippen molar-refractivity contribution in [3.05, 3.63) is 35.4 Å². The molecule has 2 rings (SSSR count). The van der Waals surface area contributed by atoms with Crippen molar-refractivity contribution in [1.82, 2.24) is 0 Å². The molecule has 1 aromatic carbocycles. The number of ether oxygens (including phenoxy) is 1. The maximum absolute atomic E-state index is 5.77. The van der Waals surface area contributed by atoms with Gasteiger partial charge in [-0.25, -0.2) is 0 Å². The highest BCUT2D eigenvalue weighted by Gasteiger charge is 2.32. The van der Waals surface area contributed by atoms with Gasteiger partial charge in [0.1, 0.15) is 5.01 Å². The third-order valence-electron chi connectivity index (χ3n) is 2.47. The Kier molecular flexibility index (Phi) is 3.30. The number of hydrogen-bond acceptors (Lipinski definition) is 1. The summed E-state index contributed by atoms with van der Waals surface area (Å²) in [6.45, 7) is 2.10. The number of halogens is 2. The van der Waals surface area contributed by atoms with Gasteiger partial charge in [0, 0.05) is 0 Å². The van der Waals surface area contributed by atoms with E-state index in [2.05, 4.69) is 63.0 Å². The van der Waals surface area contributed by atoms with Gasteiger partial charge in [0.2, 0.25) is 0 Å². The van der Waals surface area contributed by atoms with Gasteiger partial charge in [0.05, 0.1) is 10.9 Å². The maximum Gasteiger partial charge on any atom is 0.125 e. The lowest BCUT2D eigenvalue weighted by molar-refractivity contribution is 0.0970. The van der Waals surface area contributed by atoms with Gasteiger partial charge in [0.15, 0.2) is 0 Å². The molecule has 3 heteroatoms. The predicted molar refractivity (Wildman–Crippen MR) is 65.1 cm³/mol. The molecule has 0 saturated carbocycles. The SMILES string of the molecule is Cc1ccc([C@H]2C[C@@H](Br)[C@H](Br)O2)cc1. The fourth-order valence-corrected chi connectivity index (χ4v) is 2.55. The van der Waals surface area contributed by atoms with Crippen LogP contribution in [-0.2, 0) is 4.74 Å². The molecule has 1 aliphatic rings. The maximum atomic E-state index is 5.77. The number of benzene rings is 1. The van der Waals surface area contributed by atoms with E-state index in [0.29, 0.717) is 4.83 Å². The summed E-state index contributed by atoms with van der Waals surface area (Å²) in [5, 5.41) is 0.133. The Balaban J connectivity index is 2.13. The molecule has 0 unspecified atom stereocenters. The van der Waals surface area contributed by atoms with Crippen LogP contribution >= 0.6 is 31.9 Å². The molecule has 0 bridgehead atoms. The number of hydrogen-bond donors (Lipinski definition) is 0. The molecule has 1 nitrogen and oxygen atoms in total. The van der Waals surface area contributed by atoms with Crippen molar-refractivity contribution in [2.24, 2.45) is 0 Å². The Hall–Kier alpha value is 0.140. The molecule has 14 heavy (non-hydrogen) atoms. The fourth-order valence-electron chi connectivity index (χ4n) is 1.60. The van der Waals surface area contributed by atoms with Crippen LogP contribution in [0.5, 0.6) is 0 Å². The summed E-state index contributed by atoms with van der Waals surface area (Å²) in [6, 6.07) is 8.54. The minimum Gasteiger partial charge on any atom is -0.358 e. The van der Waals surface area contributed by atoms with Crippen molar-refractivity contribution in [2.45, 2.75) is 29.3 Å². The zero-order chi connectivity index (χ0) is 10.1. The molecule has 0 N–H and O–H groups in total. The Labute approximate surface area is 101 Å². The Bertz CT molecular complexity index is 300. The summed E-state index contributed by atoms with van der Waals surface area (Å²) < 4.78 is 5.77. The lowest BCUT2D eigenvalue weighted by Gasteiger charge is -2.10. The number of aryl methyl sites for hydroxylation is 1. The molecule has 0 radical (unpaired) electrons. The topological polar surface area (TPSA) is 9.23 Å². The average molecular weight is 320 g/mol. The Morgan fingerprint density at radius 1 is 1.21 bits per heavy atom. The monoisotopic (exact) mass is 318 g/mol. The second kappa shape index (κ2) is 4.33. The minimum absolute atomic E-state index is 0.133. The van der Waals surface area contributed by atoms with Crippen LogP contribution in [-0.4, -0.2) is 9.84 Å². The average Bonchev–Trinajstić information content (AvgIpc) is 2.48. The summed E-state index contributed by atoms with van der Waals surface area (Å²) in [7, 11) is 0. The molecule has 76 valence electrons. The van der Waals surface area contributed by atoms with E-state index in [4.69, 9.17) is 4.74 Å². The van der Waals surface area contributed by atoms with Crippen molar-refractivity contribution in [1.29, 1.82) is 0 Å². The molecule has 0 aliphatic carbocycles. The second-order valence-corrected chi connectivity index (χ2v) is 5.72. The van der Waals surface area contributed by atoms with Crippen molar-refractivity contribution in [3.8, 4) is 0 Å². The van der Waals surface area contributed by atoms with Crippen LogP contribution < -0.4 is 0 Å². The van der Waals surface area contributed by atoms with Crippen LogP contribution in [0.15, 0.2) is 24.3 Å². The van der Waals surface area contributed by atoms with Crippen LogP contribution in [0.1, 0.15) is 23.7 Å². The largest absolute Gasteiger partial charge is 0.358 e. The summed E-state index contributed by atoms with van der Waals surface area (Å²) in [4.78, 5) is 0.411. The zero-order valence-electron chi connectivity index (χ0n) is 7.91. The van der Waals surface area contributed by atoms with Crippen LogP contribution in [0.4, 0.5) is 0 Å². The molecular weight excluding hydrogens is 308 g/mol. The van der Waals surface area contributed by atoms with E-state index in [9.17, 15) is 0 Å². The van der Waals surface area contributed by atoms with Gasteiger partial charge >= 0.3 is 0 Å². The first kappa shape index (κ1) is 10.7. The van der Waals surface area contributed by atoms with E-state index in [1.165, 1.54) is 11.1 Å². The lowest BCUT2D eigenvalue weighted by Crippen LogP contribution is -2.04. The van der Waals surface area contributed by atoms with Gasteiger partial charge < -0.3 is 4.74 Å². The van der Waals surface area contributed by atoms with Gasteiger partial charge in [-0.15, -0.1) is 0 Å². The Morgan fingerprint density at radius 2 is 1.86 bits per heavy atom. The molecule has 1 aliphatic heterocycles. The minimum atomic E-state index is 0.133. The van der Waals surface area contributed by atoms with E-state index >= 15 is 0 Å². The van der Waals surface area contributed by atoms with Gasteiger partial charge in [-0.3, -0.25) is 0 Å². The quantitative estimate of drug-likeness (QED) is 0.712. The van der Waals surface area contributed by atoms with Crippen LogP contribution in [0.3, 0.4) is 0 Å². The van der Waals surface area contributed by atoms with E-state index in [1.54, 1.807) is 0 Å². The normalized spacial score (nSPS) is 32.1. The summed E-state index contributed by atoms with van der Waals surface area (Å²) >= 11 is 7.07. The molecular formula is C11H12Br2O. The first-order valence-corrected chi connectivity index (χ1v) is 6.50. The summed E-state index contributed by atoms with van der Waals surface area (Å²) in [5.74, 6) is 0. The van der Waals surface area contributed by atoms with E-state index in [-0.39, 0.29) is 11.1 Å². The third kappa shape index (κ3) is 2.20. The first-order valence-electron chi connectivity index (χ1n) is 4.67. The molecule has 3 atom stereocenters. The molecule has 0 aromatic heterocycles. The molecule has 1 heterocycles. The van der Waals surface area contributed by atoms with Crippen molar-refractivity contribution in [2.75, 3.05) is 0 Å². The Morgan fingerprint density at radius 3 is 2.36 bits per heavy atom. The third-order valence-corrected chi connectivity index (χ3v) is 4.88. The van der Waals surface area contributed by atoms with Gasteiger partial charge in [-0.05, 0) is 18.9 Å². The van der Waals surface area contributed by atoms with E-state index in [1.807, 2.05) is 0 Å². The summed E-state index contributed by atoms with van der Waals surface area (Å²) in [6.07, 6.45) is 1.25. The van der Waals surface area contributed by atoms with E-state index in [0.717, 1.165) is 6.42 Å². The smallest absolute Gasteiger partial charge is 0.125 e. The van der Waals surface area contributed by atoms with Crippen LogP contribution in [0.25, 0.3) is 0 Å². The van der Waals surface area contributed by atoms with E-state index < -0.39 is 0 Å². The van der Waals surface area contributed by atoms with Crippen molar-refractivity contribution >= 4 is 31.9 Å². The fraction of sp³-hybridized carbons (Fsp3) is 0.455. The van der Waals surface area contributed by atoms with Crippen LogP contribution in [0, 0.1) is 6.92 Å². The molecule has 0 amide bonds. The van der Waals surface area contributed by atoms with Gasteiger partial charge in [-0.1, -0.05) is 61.7 Å². The van der Waals surface area contributed by atoms with Gasteiger partial charge in [0.25, 0.3) is 0 Å². The molecule has 1 saturated heterocycles.